The van der Waals surface area contributed by atoms with Crippen LogP contribution in [0.5, 0.6) is 0 Å². The van der Waals surface area contributed by atoms with Gasteiger partial charge in [0.1, 0.15) is 0 Å². The monoisotopic (exact) mass is 281 g/mol. The van der Waals surface area contributed by atoms with Crippen molar-refractivity contribution in [3.05, 3.63) is 29.3 Å². The quantitative estimate of drug-likeness (QED) is 0.841. The number of benzene rings is 1. The smallest absolute Gasteiger partial charge is 0.0831 e. The molecule has 0 aliphatic carbocycles. The third kappa shape index (κ3) is 2.87. The van der Waals surface area contributed by atoms with E-state index in [1.165, 1.54) is 5.69 Å². The number of aliphatic hydroxyl groups is 1. The first-order valence-corrected chi connectivity index (χ1v) is 7.25. The topological polar surface area (TPSA) is 38.7 Å². The summed E-state index contributed by atoms with van der Waals surface area (Å²) in [6.07, 6.45) is -0.220. The molecule has 104 valence electrons. The van der Waals surface area contributed by atoms with Gasteiger partial charge in [0.25, 0.3) is 0 Å². The Labute approximate surface area is 119 Å². The van der Waals surface area contributed by atoms with E-state index < -0.39 is 0 Å². The SMILES string of the molecule is OC1CNCC1N1CCN(c2ccc(Cl)cc2)CC1. The molecule has 2 N–H and O–H groups in total. The Morgan fingerprint density at radius 1 is 1.05 bits per heavy atom. The van der Waals surface area contributed by atoms with Crippen molar-refractivity contribution in [3.63, 3.8) is 0 Å². The summed E-state index contributed by atoms with van der Waals surface area (Å²) in [4.78, 5) is 4.78. The minimum Gasteiger partial charge on any atom is -0.390 e. The lowest BCUT2D eigenvalue weighted by Gasteiger charge is -2.39. The van der Waals surface area contributed by atoms with Crippen molar-refractivity contribution >= 4 is 17.3 Å². The molecule has 2 atom stereocenters. The van der Waals surface area contributed by atoms with Crippen LogP contribution in [0, 0.1) is 0 Å². The van der Waals surface area contributed by atoms with E-state index in [-0.39, 0.29) is 12.1 Å². The number of anilines is 1. The Morgan fingerprint density at radius 2 is 1.74 bits per heavy atom. The van der Waals surface area contributed by atoms with E-state index in [4.69, 9.17) is 11.6 Å². The van der Waals surface area contributed by atoms with E-state index in [9.17, 15) is 5.11 Å². The average Bonchev–Trinajstić information content (AvgIpc) is 2.86. The summed E-state index contributed by atoms with van der Waals surface area (Å²) >= 11 is 5.91. The molecule has 0 bridgehead atoms. The molecule has 5 heteroatoms. The zero-order valence-corrected chi connectivity index (χ0v) is 11.7. The Balaban J connectivity index is 1.58. The van der Waals surface area contributed by atoms with Crippen molar-refractivity contribution in [1.82, 2.24) is 10.2 Å². The van der Waals surface area contributed by atoms with Gasteiger partial charge in [-0.05, 0) is 24.3 Å². The summed E-state index contributed by atoms with van der Waals surface area (Å²) in [6.45, 7) is 5.65. The summed E-state index contributed by atoms with van der Waals surface area (Å²) in [5.74, 6) is 0. The number of hydrogen-bond donors (Lipinski definition) is 2. The number of nitrogens with one attached hydrogen (secondary N) is 1. The first kappa shape index (κ1) is 13.2. The van der Waals surface area contributed by atoms with Gasteiger partial charge in [-0.15, -0.1) is 0 Å². The molecular formula is C14H20ClN3O. The minimum absolute atomic E-state index is 0.220. The predicted octanol–water partition coefficient (Wildman–Crippen LogP) is 0.795. The summed E-state index contributed by atoms with van der Waals surface area (Å²) in [5.41, 5.74) is 1.23. The van der Waals surface area contributed by atoms with E-state index in [0.29, 0.717) is 0 Å². The highest BCUT2D eigenvalue weighted by atomic mass is 35.5. The first-order chi connectivity index (χ1) is 9.24. The van der Waals surface area contributed by atoms with Gasteiger partial charge in [0.05, 0.1) is 6.10 Å². The van der Waals surface area contributed by atoms with E-state index in [1.807, 2.05) is 12.1 Å². The fourth-order valence-electron chi connectivity index (χ4n) is 2.99. The predicted molar refractivity (Wildman–Crippen MR) is 77.9 cm³/mol. The van der Waals surface area contributed by atoms with Crippen molar-refractivity contribution in [2.45, 2.75) is 12.1 Å². The molecule has 2 aliphatic heterocycles. The lowest BCUT2D eigenvalue weighted by atomic mass is 10.1. The van der Waals surface area contributed by atoms with Crippen LogP contribution in [0.4, 0.5) is 5.69 Å². The van der Waals surface area contributed by atoms with Crippen LogP contribution in [-0.4, -0.2) is 61.4 Å². The molecule has 4 nitrogen and oxygen atoms in total. The largest absolute Gasteiger partial charge is 0.390 e. The van der Waals surface area contributed by atoms with Gasteiger partial charge in [-0.1, -0.05) is 11.6 Å². The Bertz CT molecular complexity index is 417. The third-order valence-electron chi connectivity index (χ3n) is 4.13. The van der Waals surface area contributed by atoms with Crippen LogP contribution in [0.1, 0.15) is 0 Å². The van der Waals surface area contributed by atoms with Crippen LogP contribution >= 0.6 is 11.6 Å². The summed E-state index contributed by atoms with van der Waals surface area (Å²) in [6, 6.07) is 8.31. The molecule has 0 amide bonds. The fourth-order valence-corrected chi connectivity index (χ4v) is 3.11. The third-order valence-corrected chi connectivity index (χ3v) is 4.38. The van der Waals surface area contributed by atoms with Crippen molar-refractivity contribution in [2.24, 2.45) is 0 Å². The summed E-state index contributed by atoms with van der Waals surface area (Å²) < 4.78 is 0. The van der Waals surface area contributed by atoms with Gasteiger partial charge in [-0.25, -0.2) is 0 Å². The Hall–Kier alpha value is -0.810. The van der Waals surface area contributed by atoms with Gasteiger partial charge >= 0.3 is 0 Å². The minimum atomic E-state index is -0.220. The van der Waals surface area contributed by atoms with Crippen molar-refractivity contribution < 1.29 is 5.11 Å². The van der Waals surface area contributed by atoms with Gasteiger partial charge in [0.2, 0.25) is 0 Å². The Morgan fingerprint density at radius 3 is 2.32 bits per heavy atom. The van der Waals surface area contributed by atoms with Gasteiger partial charge in [0.15, 0.2) is 0 Å². The summed E-state index contributed by atoms with van der Waals surface area (Å²) in [5, 5.41) is 14.0. The van der Waals surface area contributed by atoms with Crippen molar-refractivity contribution in [2.75, 3.05) is 44.2 Å². The highest BCUT2D eigenvalue weighted by molar-refractivity contribution is 6.30. The van der Waals surface area contributed by atoms with Crippen LogP contribution in [0.2, 0.25) is 5.02 Å². The van der Waals surface area contributed by atoms with E-state index in [0.717, 1.165) is 44.3 Å². The zero-order chi connectivity index (χ0) is 13.2. The van der Waals surface area contributed by atoms with Crippen molar-refractivity contribution in [1.29, 1.82) is 0 Å². The number of aliphatic hydroxyl groups excluding tert-OH is 1. The van der Waals surface area contributed by atoms with Crippen molar-refractivity contribution in [3.8, 4) is 0 Å². The molecule has 0 spiro atoms. The number of rotatable bonds is 2. The number of β-amino-alcohol motifs (C(OH)–C–C–N with tert-alkyl or cyclic N) is 1. The maximum atomic E-state index is 9.92. The number of halogens is 1. The lowest BCUT2D eigenvalue weighted by Crippen LogP contribution is -2.53. The second-order valence-electron chi connectivity index (χ2n) is 5.29. The molecular weight excluding hydrogens is 262 g/mol. The Kier molecular flexibility index (Phi) is 3.93. The van der Waals surface area contributed by atoms with Crippen LogP contribution < -0.4 is 10.2 Å². The normalized spacial score (nSPS) is 28.8. The van der Waals surface area contributed by atoms with E-state index >= 15 is 0 Å². The fraction of sp³-hybridized carbons (Fsp3) is 0.571. The molecule has 2 fully saturated rings. The summed E-state index contributed by atoms with van der Waals surface area (Å²) in [7, 11) is 0. The van der Waals surface area contributed by atoms with Gasteiger partial charge < -0.3 is 15.3 Å². The van der Waals surface area contributed by atoms with Gasteiger partial charge in [-0.2, -0.15) is 0 Å². The molecule has 2 unspecified atom stereocenters. The zero-order valence-electron chi connectivity index (χ0n) is 10.9. The second kappa shape index (κ2) is 5.67. The molecule has 2 saturated heterocycles. The number of piperazine rings is 1. The molecule has 2 aliphatic rings. The highest BCUT2D eigenvalue weighted by Crippen LogP contribution is 2.21. The molecule has 19 heavy (non-hydrogen) atoms. The average molecular weight is 282 g/mol. The molecule has 0 radical (unpaired) electrons. The molecule has 3 rings (SSSR count). The molecule has 2 heterocycles. The lowest BCUT2D eigenvalue weighted by molar-refractivity contribution is 0.0792. The molecule has 1 aromatic carbocycles. The van der Waals surface area contributed by atoms with Crippen LogP contribution in [-0.2, 0) is 0 Å². The van der Waals surface area contributed by atoms with Gasteiger partial charge in [0, 0.05) is 56.0 Å². The highest BCUT2D eigenvalue weighted by Gasteiger charge is 2.32. The van der Waals surface area contributed by atoms with Crippen LogP contribution in [0.3, 0.4) is 0 Å². The van der Waals surface area contributed by atoms with Crippen LogP contribution in [0.25, 0.3) is 0 Å². The van der Waals surface area contributed by atoms with E-state index in [2.05, 4.69) is 27.2 Å². The maximum absolute atomic E-state index is 9.92. The first-order valence-electron chi connectivity index (χ1n) is 6.87. The number of hydrogen-bond acceptors (Lipinski definition) is 4. The van der Waals surface area contributed by atoms with Crippen LogP contribution in [0.15, 0.2) is 24.3 Å². The van der Waals surface area contributed by atoms with Gasteiger partial charge in [-0.3, -0.25) is 4.90 Å². The second-order valence-corrected chi connectivity index (χ2v) is 5.73. The van der Waals surface area contributed by atoms with E-state index in [1.54, 1.807) is 0 Å². The molecule has 1 aromatic rings. The standard InChI is InChI=1S/C14H20ClN3O/c15-11-1-3-12(4-2-11)17-5-7-18(8-6-17)13-9-16-10-14(13)19/h1-4,13-14,16,19H,5-10H2. The molecule has 0 saturated carbocycles. The number of nitrogens with zero attached hydrogens (tertiary/aromatic N) is 2. The molecule has 0 aromatic heterocycles. The maximum Gasteiger partial charge on any atom is 0.0831 e.